The van der Waals surface area contributed by atoms with Gasteiger partial charge in [-0.2, -0.15) is 0 Å². The van der Waals surface area contributed by atoms with Gasteiger partial charge in [0.25, 0.3) is 5.91 Å². The average Bonchev–Trinajstić information content (AvgIpc) is 2.48. The maximum absolute atomic E-state index is 11.9. The number of hydrogen-bond donors (Lipinski definition) is 1. The fourth-order valence-electron chi connectivity index (χ4n) is 1.77. The number of halogens is 2. The Balaban J connectivity index is 1.95. The van der Waals surface area contributed by atoms with Crippen LogP contribution in [0.5, 0.6) is 5.75 Å². The van der Waals surface area contributed by atoms with Crippen LogP contribution in [-0.4, -0.2) is 12.5 Å². The minimum Gasteiger partial charge on any atom is -0.482 e. The van der Waals surface area contributed by atoms with E-state index in [1.807, 2.05) is 24.3 Å². The lowest BCUT2D eigenvalue weighted by molar-refractivity contribution is -0.118. The average molecular weight is 369 g/mol. The van der Waals surface area contributed by atoms with Crippen LogP contribution in [0.4, 0.5) is 5.69 Å². The number of rotatable bonds is 5. The van der Waals surface area contributed by atoms with E-state index < -0.39 is 0 Å². The molecule has 2 aromatic carbocycles. The summed E-state index contributed by atoms with van der Waals surface area (Å²) < 4.78 is 6.25. The van der Waals surface area contributed by atoms with Crippen LogP contribution < -0.4 is 10.1 Å². The van der Waals surface area contributed by atoms with Crippen molar-refractivity contribution < 1.29 is 9.53 Å². The lowest BCUT2D eigenvalue weighted by atomic mass is 10.1. The van der Waals surface area contributed by atoms with Crippen LogP contribution >= 0.6 is 27.5 Å². The summed E-state index contributed by atoms with van der Waals surface area (Å²) in [7, 11) is 0. The topological polar surface area (TPSA) is 38.3 Å². The third-order valence-corrected chi connectivity index (χ3v) is 3.88. The minimum absolute atomic E-state index is 0.0916. The van der Waals surface area contributed by atoms with Crippen molar-refractivity contribution in [3.05, 3.63) is 57.5 Å². The summed E-state index contributed by atoms with van der Waals surface area (Å²) in [5.74, 6) is 0.259. The highest BCUT2D eigenvalue weighted by molar-refractivity contribution is 9.10. The van der Waals surface area contributed by atoms with Crippen molar-refractivity contribution in [3.63, 3.8) is 0 Å². The van der Waals surface area contributed by atoms with Crippen molar-refractivity contribution in [2.24, 2.45) is 0 Å². The van der Waals surface area contributed by atoms with Gasteiger partial charge in [-0.05, 0) is 52.2 Å². The molecule has 0 radical (unpaired) electrons. The van der Waals surface area contributed by atoms with E-state index in [1.54, 1.807) is 18.2 Å². The van der Waals surface area contributed by atoms with Crippen molar-refractivity contribution in [2.45, 2.75) is 13.3 Å². The molecule has 0 aliphatic rings. The quantitative estimate of drug-likeness (QED) is 0.832. The number of hydrogen-bond acceptors (Lipinski definition) is 2. The molecule has 5 heteroatoms. The van der Waals surface area contributed by atoms with E-state index in [2.05, 4.69) is 28.2 Å². The second-order valence-electron chi connectivity index (χ2n) is 4.44. The highest BCUT2D eigenvalue weighted by Crippen LogP contribution is 2.25. The van der Waals surface area contributed by atoms with Crippen LogP contribution in [0.15, 0.2) is 46.9 Å². The van der Waals surface area contributed by atoms with Gasteiger partial charge >= 0.3 is 0 Å². The summed E-state index contributed by atoms with van der Waals surface area (Å²) in [5, 5.41) is 3.28. The molecule has 0 bridgehead atoms. The van der Waals surface area contributed by atoms with Crippen molar-refractivity contribution in [1.82, 2.24) is 0 Å². The van der Waals surface area contributed by atoms with Gasteiger partial charge in [-0.15, -0.1) is 0 Å². The molecule has 0 saturated carbocycles. The predicted molar refractivity (Wildman–Crippen MR) is 89.1 cm³/mol. The third-order valence-electron chi connectivity index (χ3n) is 2.91. The standard InChI is InChI=1S/C16H15BrClNO2/c1-2-11-7-8-14(12(17)9-11)19-16(20)10-21-15-6-4-3-5-13(15)18/h3-9H,2,10H2,1H3,(H,19,20). The number of carbonyl (C=O) groups is 1. The number of carbonyl (C=O) groups excluding carboxylic acids is 1. The van der Waals surface area contributed by atoms with Gasteiger partial charge in [0.05, 0.1) is 10.7 Å². The molecule has 0 heterocycles. The fourth-order valence-corrected chi connectivity index (χ4v) is 2.49. The van der Waals surface area contributed by atoms with Crippen LogP contribution in [0.1, 0.15) is 12.5 Å². The van der Waals surface area contributed by atoms with Crippen LogP contribution in [0.2, 0.25) is 5.02 Å². The van der Waals surface area contributed by atoms with E-state index in [0.29, 0.717) is 10.8 Å². The number of benzene rings is 2. The highest BCUT2D eigenvalue weighted by atomic mass is 79.9. The molecule has 1 N–H and O–H groups in total. The first kappa shape index (κ1) is 15.9. The van der Waals surface area contributed by atoms with Crippen molar-refractivity contribution in [1.29, 1.82) is 0 Å². The van der Waals surface area contributed by atoms with E-state index in [0.717, 1.165) is 16.6 Å². The largest absolute Gasteiger partial charge is 0.482 e. The summed E-state index contributed by atoms with van der Waals surface area (Å²) in [6, 6.07) is 12.9. The van der Waals surface area contributed by atoms with Gasteiger partial charge in [-0.1, -0.05) is 36.7 Å². The molecule has 21 heavy (non-hydrogen) atoms. The normalized spacial score (nSPS) is 10.2. The van der Waals surface area contributed by atoms with E-state index in [-0.39, 0.29) is 12.5 Å². The van der Waals surface area contributed by atoms with Crippen LogP contribution in [0.25, 0.3) is 0 Å². The predicted octanol–water partition coefficient (Wildman–Crippen LogP) is 4.68. The van der Waals surface area contributed by atoms with E-state index in [9.17, 15) is 4.79 Å². The molecule has 110 valence electrons. The first-order valence-corrected chi connectivity index (χ1v) is 7.73. The van der Waals surface area contributed by atoms with Gasteiger partial charge in [-0.25, -0.2) is 0 Å². The Hall–Kier alpha value is -1.52. The van der Waals surface area contributed by atoms with Gasteiger partial charge in [0.1, 0.15) is 5.75 Å². The molecule has 0 unspecified atom stereocenters. The zero-order chi connectivity index (χ0) is 15.2. The number of aryl methyl sites for hydroxylation is 1. The molecule has 0 saturated heterocycles. The number of ether oxygens (including phenoxy) is 1. The van der Waals surface area contributed by atoms with Gasteiger partial charge in [-0.3, -0.25) is 4.79 Å². The zero-order valence-electron chi connectivity index (χ0n) is 11.5. The van der Waals surface area contributed by atoms with Gasteiger partial charge in [0.2, 0.25) is 0 Å². The Morgan fingerprint density at radius 2 is 2.05 bits per heavy atom. The van der Waals surface area contributed by atoms with Crippen molar-refractivity contribution in [2.75, 3.05) is 11.9 Å². The maximum atomic E-state index is 11.9. The molecule has 2 rings (SSSR count). The fraction of sp³-hybridized carbons (Fsp3) is 0.188. The van der Waals surface area contributed by atoms with E-state index in [1.165, 1.54) is 5.56 Å². The highest BCUT2D eigenvalue weighted by Gasteiger charge is 2.08. The van der Waals surface area contributed by atoms with Crippen LogP contribution in [0.3, 0.4) is 0 Å². The molecular weight excluding hydrogens is 354 g/mol. The third kappa shape index (κ3) is 4.48. The van der Waals surface area contributed by atoms with Crippen molar-refractivity contribution >= 4 is 39.1 Å². The minimum atomic E-state index is -0.236. The molecule has 0 aliphatic heterocycles. The SMILES string of the molecule is CCc1ccc(NC(=O)COc2ccccc2Cl)c(Br)c1. The summed E-state index contributed by atoms with van der Waals surface area (Å²) in [6.07, 6.45) is 0.947. The Morgan fingerprint density at radius 1 is 1.29 bits per heavy atom. The first-order chi connectivity index (χ1) is 10.1. The molecule has 2 aromatic rings. The summed E-state index contributed by atoms with van der Waals surface area (Å²) >= 11 is 9.41. The molecule has 0 atom stereocenters. The summed E-state index contributed by atoms with van der Waals surface area (Å²) in [4.78, 5) is 11.9. The Bertz CT molecular complexity index is 646. The lowest BCUT2D eigenvalue weighted by Gasteiger charge is -2.10. The van der Waals surface area contributed by atoms with Crippen molar-refractivity contribution in [3.8, 4) is 5.75 Å². The number of anilines is 1. The number of nitrogens with one attached hydrogen (secondary N) is 1. The molecule has 1 amide bonds. The monoisotopic (exact) mass is 367 g/mol. The molecule has 0 spiro atoms. The lowest BCUT2D eigenvalue weighted by Crippen LogP contribution is -2.20. The van der Waals surface area contributed by atoms with Gasteiger partial charge < -0.3 is 10.1 Å². The van der Waals surface area contributed by atoms with Crippen LogP contribution in [-0.2, 0) is 11.2 Å². The molecular formula is C16H15BrClNO2. The Kier molecular flexibility index (Phi) is 5.65. The second kappa shape index (κ2) is 7.48. The maximum Gasteiger partial charge on any atom is 0.262 e. The van der Waals surface area contributed by atoms with Crippen LogP contribution in [0, 0.1) is 0 Å². The molecule has 3 nitrogen and oxygen atoms in total. The summed E-state index contributed by atoms with van der Waals surface area (Å²) in [6.45, 7) is 1.99. The second-order valence-corrected chi connectivity index (χ2v) is 5.70. The van der Waals surface area contributed by atoms with E-state index >= 15 is 0 Å². The number of para-hydroxylation sites is 1. The van der Waals surface area contributed by atoms with E-state index in [4.69, 9.17) is 16.3 Å². The van der Waals surface area contributed by atoms with Gasteiger partial charge in [0, 0.05) is 4.47 Å². The Morgan fingerprint density at radius 3 is 2.71 bits per heavy atom. The first-order valence-electron chi connectivity index (χ1n) is 6.55. The molecule has 0 fully saturated rings. The molecule has 0 aliphatic carbocycles. The number of amides is 1. The molecule has 0 aromatic heterocycles. The zero-order valence-corrected chi connectivity index (χ0v) is 13.9. The summed E-state index contributed by atoms with van der Waals surface area (Å²) in [5.41, 5.74) is 1.92. The smallest absolute Gasteiger partial charge is 0.262 e. The Labute approximate surface area is 137 Å². The van der Waals surface area contributed by atoms with Gasteiger partial charge in [0.15, 0.2) is 6.61 Å².